The van der Waals surface area contributed by atoms with Gasteiger partial charge in [-0.25, -0.2) is 4.79 Å². The lowest BCUT2D eigenvalue weighted by atomic mass is 10.0. The number of hydrogen-bond donors (Lipinski definition) is 0. The normalized spacial score (nSPS) is 16.7. The molecule has 1 aliphatic carbocycles. The lowest BCUT2D eigenvalue weighted by Gasteiger charge is -2.10. The predicted octanol–water partition coefficient (Wildman–Crippen LogP) is 0.462. The van der Waals surface area contributed by atoms with Crippen LogP contribution in [0.2, 0.25) is 0 Å². The van der Waals surface area contributed by atoms with Crippen LogP contribution in [0.1, 0.15) is 26.7 Å². The van der Waals surface area contributed by atoms with E-state index in [1.54, 1.807) is 13.8 Å². The zero-order chi connectivity index (χ0) is 11.5. The van der Waals surface area contributed by atoms with E-state index in [4.69, 9.17) is 4.74 Å². The Balaban J connectivity index is 2.66. The minimum Gasteiger partial charge on any atom is -0.465 e. The quantitative estimate of drug-likeness (QED) is 0.378. The molecule has 0 bridgehead atoms. The second kappa shape index (κ2) is 4.42. The van der Waals surface area contributed by atoms with Crippen molar-refractivity contribution in [3.8, 4) is 0 Å². The highest BCUT2D eigenvalue weighted by Crippen LogP contribution is 2.47. The van der Waals surface area contributed by atoms with Gasteiger partial charge >= 0.3 is 11.9 Å². The Hall–Kier alpha value is -1.39. The summed E-state index contributed by atoms with van der Waals surface area (Å²) in [6, 6.07) is 0. The maximum atomic E-state index is 11.6. The predicted molar refractivity (Wildman–Crippen MR) is 49.9 cm³/mol. The van der Waals surface area contributed by atoms with Gasteiger partial charge in [0.05, 0.1) is 13.2 Å². The topological polar surface area (TPSA) is 69.7 Å². The Kier molecular flexibility index (Phi) is 3.44. The van der Waals surface area contributed by atoms with E-state index in [1.165, 1.54) is 0 Å². The van der Waals surface area contributed by atoms with Crippen molar-refractivity contribution in [1.82, 2.24) is 0 Å². The lowest BCUT2D eigenvalue weighted by molar-refractivity contribution is -0.163. The van der Waals surface area contributed by atoms with Gasteiger partial charge in [-0.3, -0.25) is 9.59 Å². The van der Waals surface area contributed by atoms with Gasteiger partial charge in [-0.2, -0.15) is 0 Å². The van der Waals surface area contributed by atoms with Crippen LogP contribution in [0.15, 0.2) is 0 Å². The zero-order valence-corrected chi connectivity index (χ0v) is 8.87. The Morgan fingerprint density at radius 2 is 1.60 bits per heavy atom. The molecule has 0 atom stereocenters. The van der Waals surface area contributed by atoms with Crippen molar-refractivity contribution in [2.45, 2.75) is 26.7 Å². The first-order valence-corrected chi connectivity index (χ1v) is 4.97. The Labute approximate surface area is 87.7 Å². The molecule has 0 saturated heterocycles. The maximum absolute atomic E-state index is 11.6. The van der Waals surface area contributed by atoms with E-state index >= 15 is 0 Å². The summed E-state index contributed by atoms with van der Waals surface area (Å²) in [5.41, 5.74) is -1.23. The molecule has 0 aromatic heterocycles. The van der Waals surface area contributed by atoms with Gasteiger partial charge in [0.15, 0.2) is 0 Å². The molecule has 0 aromatic rings. The Morgan fingerprint density at radius 1 is 1.07 bits per heavy atom. The molecule has 5 nitrogen and oxygen atoms in total. The Bertz CT molecular complexity index is 290. The van der Waals surface area contributed by atoms with Gasteiger partial charge in [0.2, 0.25) is 0 Å². The molecule has 0 spiro atoms. The Morgan fingerprint density at radius 3 is 2.00 bits per heavy atom. The monoisotopic (exact) mass is 214 g/mol. The SMILES string of the molecule is CCOC(=O)C(=O)C1(C(=O)OCC)CC1. The molecular formula is C10H14O5. The van der Waals surface area contributed by atoms with Gasteiger partial charge < -0.3 is 9.47 Å². The molecule has 84 valence electrons. The third-order valence-electron chi connectivity index (χ3n) is 2.31. The summed E-state index contributed by atoms with van der Waals surface area (Å²) in [6.07, 6.45) is 0.757. The second-order valence-corrected chi connectivity index (χ2v) is 3.35. The fraction of sp³-hybridized carbons (Fsp3) is 0.700. The van der Waals surface area contributed by atoms with E-state index in [-0.39, 0.29) is 13.2 Å². The van der Waals surface area contributed by atoms with Crippen molar-refractivity contribution in [2.75, 3.05) is 13.2 Å². The molecule has 0 heterocycles. The standard InChI is InChI=1S/C10H14O5/c1-3-14-8(12)7(11)10(5-6-10)9(13)15-4-2/h3-6H2,1-2H3. The smallest absolute Gasteiger partial charge is 0.375 e. The van der Waals surface area contributed by atoms with Crippen molar-refractivity contribution >= 4 is 17.7 Å². The summed E-state index contributed by atoms with van der Waals surface area (Å²) in [4.78, 5) is 34.1. The molecule has 15 heavy (non-hydrogen) atoms. The fourth-order valence-corrected chi connectivity index (χ4v) is 1.31. The average molecular weight is 214 g/mol. The molecule has 0 unspecified atom stereocenters. The van der Waals surface area contributed by atoms with Gasteiger partial charge in [-0.1, -0.05) is 0 Å². The minimum absolute atomic E-state index is 0.128. The molecule has 5 heteroatoms. The van der Waals surface area contributed by atoms with E-state index < -0.39 is 23.1 Å². The molecular weight excluding hydrogens is 200 g/mol. The number of hydrogen-bond acceptors (Lipinski definition) is 5. The van der Waals surface area contributed by atoms with Crippen LogP contribution in [0, 0.1) is 5.41 Å². The van der Waals surface area contributed by atoms with Crippen LogP contribution < -0.4 is 0 Å². The highest BCUT2D eigenvalue weighted by Gasteiger charge is 2.60. The molecule has 0 radical (unpaired) electrons. The van der Waals surface area contributed by atoms with E-state index in [1.807, 2.05) is 0 Å². The number of ketones is 1. The number of carbonyl (C=O) groups excluding carboxylic acids is 3. The van der Waals surface area contributed by atoms with Crippen LogP contribution in [0.5, 0.6) is 0 Å². The highest BCUT2D eigenvalue weighted by molar-refractivity contribution is 6.40. The first kappa shape index (κ1) is 11.7. The number of carbonyl (C=O) groups is 3. The summed E-state index contributed by atoms with van der Waals surface area (Å²) in [5.74, 6) is -2.33. The van der Waals surface area contributed by atoms with E-state index in [2.05, 4.69) is 4.74 Å². The lowest BCUT2D eigenvalue weighted by Crippen LogP contribution is -2.34. The van der Waals surface area contributed by atoms with Crippen molar-refractivity contribution < 1.29 is 23.9 Å². The van der Waals surface area contributed by atoms with Crippen molar-refractivity contribution in [3.05, 3.63) is 0 Å². The fourth-order valence-electron chi connectivity index (χ4n) is 1.31. The first-order chi connectivity index (χ1) is 7.08. The van der Waals surface area contributed by atoms with Crippen LogP contribution in [-0.4, -0.2) is 30.9 Å². The van der Waals surface area contributed by atoms with Crippen LogP contribution in [-0.2, 0) is 23.9 Å². The molecule has 1 aliphatic rings. The van der Waals surface area contributed by atoms with Crippen molar-refractivity contribution in [1.29, 1.82) is 0 Å². The third kappa shape index (κ3) is 2.16. The molecule has 0 amide bonds. The largest absolute Gasteiger partial charge is 0.465 e. The van der Waals surface area contributed by atoms with Gasteiger partial charge in [-0.05, 0) is 26.7 Å². The number of ether oxygens (including phenoxy) is 2. The summed E-state index contributed by atoms with van der Waals surface area (Å²) in [5, 5.41) is 0. The molecule has 1 fully saturated rings. The van der Waals surface area contributed by atoms with Crippen LogP contribution in [0.25, 0.3) is 0 Å². The second-order valence-electron chi connectivity index (χ2n) is 3.35. The van der Waals surface area contributed by atoms with E-state index in [0.717, 1.165) is 0 Å². The van der Waals surface area contributed by atoms with Gasteiger partial charge in [-0.15, -0.1) is 0 Å². The average Bonchev–Trinajstić information content (AvgIpc) is 2.98. The molecule has 1 saturated carbocycles. The van der Waals surface area contributed by atoms with Gasteiger partial charge in [0.1, 0.15) is 5.41 Å². The van der Waals surface area contributed by atoms with Crippen LogP contribution in [0.3, 0.4) is 0 Å². The van der Waals surface area contributed by atoms with Gasteiger partial charge in [0.25, 0.3) is 5.78 Å². The molecule has 0 aliphatic heterocycles. The minimum atomic E-state index is -1.23. The summed E-state index contributed by atoms with van der Waals surface area (Å²) in [6.45, 7) is 3.60. The van der Waals surface area contributed by atoms with E-state index in [0.29, 0.717) is 12.8 Å². The number of esters is 2. The summed E-state index contributed by atoms with van der Waals surface area (Å²) < 4.78 is 9.31. The molecule has 1 rings (SSSR count). The van der Waals surface area contributed by atoms with E-state index in [9.17, 15) is 14.4 Å². The molecule has 0 N–H and O–H groups in total. The third-order valence-corrected chi connectivity index (χ3v) is 2.31. The first-order valence-electron chi connectivity index (χ1n) is 4.97. The molecule has 0 aromatic carbocycles. The maximum Gasteiger partial charge on any atom is 0.375 e. The summed E-state index contributed by atoms with van der Waals surface area (Å²) >= 11 is 0. The van der Waals surface area contributed by atoms with Crippen LogP contribution in [0.4, 0.5) is 0 Å². The van der Waals surface area contributed by atoms with Gasteiger partial charge in [0, 0.05) is 0 Å². The van der Waals surface area contributed by atoms with Crippen molar-refractivity contribution in [2.24, 2.45) is 5.41 Å². The summed E-state index contributed by atoms with van der Waals surface area (Å²) in [7, 11) is 0. The highest BCUT2D eigenvalue weighted by atomic mass is 16.5. The number of rotatable bonds is 5. The zero-order valence-electron chi connectivity index (χ0n) is 8.87. The number of Topliss-reactive ketones (excluding diaryl/α,β-unsaturated/α-hetero) is 1. The van der Waals surface area contributed by atoms with Crippen LogP contribution >= 0.6 is 0 Å². The van der Waals surface area contributed by atoms with Crippen molar-refractivity contribution in [3.63, 3.8) is 0 Å².